The van der Waals surface area contributed by atoms with Crippen LogP contribution in [0.2, 0.25) is 0 Å². The number of hydrogen-bond acceptors (Lipinski definition) is 5. The second kappa shape index (κ2) is 6.79. The summed E-state index contributed by atoms with van der Waals surface area (Å²) < 4.78 is -0.569. The first kappa shape index (κ1) is 18.5. The summed E-state index contributed by atoms with van der Waals surface area (Å²) in [6, 6.07) is -1.28. The lowest BCUT2D eigenvalue weighted by Gasteiger charge is -2.43. The van der Waals surface area contributed by atoms with Gasteiger partial charge in [-0.1, -0.05) is 12.8 Å². The van der Waals surface area contributed by atoms with Crippen LogP contribution >= 0.6 is 11.8 Å². The van der Waals surface area contributed by atoms with Gasteiger partial charge in [-0.3, -0.25) is 9.59 Å². The lowest BCUT2D eigenvalue weighted by atomic mass is 9.82. The number of nitrogens with two attached hydrogens (primary N) is 1. The van der Waals surface area contributed by atoms with Crippen molar-refractivity contribution in [1.29, 1.82) is 0 Å². The zero-order chi connectivity index (χ0) is 18.4. The Bertz CT molecular complexity index is 582. The number of nitrogens with one attached hydrogen (secondary N) is 1. The molecule has 0 bridgehead atoms. The molecule has 7 nitrogen and oxygen atoms in total. The summed E-state index contributed by atoms with van der Waals surface area (Å²) in [6.07, 6.45) is 5.53. The van der Waals surface area contributed by atoms with Crippen LogP contribution in [0.5, 0.6) is 0 Å². The van der Waals surface area contributed by atoms with Gasteiger partial charge < -0.3 is 21.1 Å². The van der Waals surface area contributed by atoms with Gasteiger partial charge in [-0.25, -0.2) is 4.79 Å². The van der Waals surface area contributed by atoms with Gasteiger partial charge in [0, 0.05) is 17.2 Å². The standard InChI is InChI=1S/C17H27N3O4S/c1-17(2)13(16(23)24)20-14(22)12(15(20)25-17)19-11(21)8-7-9-5-3-4-6-10(9)18/h9-10,12-13,15H,3-8,18H2,1-2H3,(H,19,21)(H,23,24)/t9?,10?,12-,13+,15-/m1/s1. The third kappa shape index (κ3) is 3.38. The molecular formula is C17H27N3O4S. The fourth-order valence-electron chi connectivity index (χ4n) is 4.30. The van der Waals surface area contributed by atoms with E-state index in [9.17, 15) is 19.5 Å². The average molecular weight is 369 g/mol. The second-order valence-electron chi connectivity index (χ2n) is 7.89. The molecule has 3 fully saturated rings. The molecule has 2 amide bonds. The fourth-order valence-corrected chi connectivity index (χ4v) is 5.93. The highest BCUT2D eigenvalue weighted by Crippen LogP contribution is 2.50. The van der Waals surface area contributed by atoms with Gasteiger partial charge in [-0.2, -0.15) is 0 Å². The van der Waals surface area contributed by atoms with Crippen molar-refractivity contribution < 1.29 is 19.5 Å². The highest BCUT2D eigenvalue weighted by molar-refractivity contribution is 8.01. The minimum Gasteiger partial charge on any atom is -0.480 e. The number of fused-ring (bicyclic) bond motifs is 1. The molecule has 0 aromatic carbocycles. The highest BCUT2D eigenvalue weighted by Gasteiger charge is 2.64. The maximum atomic E-state index is 12.4. The van der Waals surface area contributed by atoms with Crippen LogP contribution in [0, 0.1) is 5.92 Å². The van der Waals surface area contributed by atoms with E-state index in [1.165, 1.54) is 23.1 Å². The van der Waals surface area contributed by atoms with Crippen molar-refractivity contribution in [1.82, 2.24) is 10.2 Å². The van der Waals surface area contributed by atoms with Crippen LogP contribution in [-0.4, -0.2) is 56.0 Å². The van der Waals surface area contributed by atoms with E-state index in [0.717, 1.165) is 25.7 Å². The molecular weight excluding hydrogens is 342 g/mol. The van der Waals surface area contributed by atoms with Crippen LogP contribution in [0.15, 0.2) is 0 Å². The first-order valence-corrected chi connectivity index (χ1v) is 9.88. The topological polar surface area (TPSA) is 113 Å². The number of amides is 2. The quantitative estimate of drug-likeness (QED) is 0.621. The number of carboxylic acids is 1. The van der Waals surface area contributed by atoms with E-state index in [-0.39, 0.29) is 23.2 Å². The summed E-state index contributed by atoms with van der Waals surface area (Å²) >= 11 is 1.44. The molecule has 140 valence electrons. The molecule has 4 N–H and O–H groups in total. The third-order valence-corrected chi connectivity index (χ3v) is 7.27. The molecule has 2 heterocycles. The number of hydrogen-bond donors (Lipinski definition) is 3. The SMILES string of the molecule is CC1(C)S[C@@H]2[C@H](NC(=O)CCC3CCCCC3N)C(=O)N2[C@H]1C(=O)O. The monoisotopic (exact) mass is 369 g/mol. The Balaban J connectivity index is 1.53. The Labute approximate surface area is 152 Å². The smallest absolute Gasteiger partial charge is 0.327 e. The number of thioether (sulfide) groups is 1. The van der Waals surface area contributed by atoms with Crippen molar-refractivity contribution in [3.63, 3.8) is 0 Å². The number of aliphatic carboxylic acids is 1. The Morgan fingerprint density at radius 3 is 2.68 bits per heavy atom. The predicted octanol–water partition coefficient (Wildman–Crippen LogP) is 0.916. The second-order valence-corrected chi connectivity index (χ2v) is 9.66. The Morgan fingerprint density at radius 2 is 2.04 bits per heavy atom. The van der Waals surface area contributed by atoms with Gasteiger partial charge in [0.15, 0.2) is 0 Å². The predicted molar refractivity (Wildman–Crippen MR) is 94.8 cm³/mol. The fraction of sp³-hybridized carbons (Fsp3) is 0.824. The van der Waals surface area contributed by atoms with E-state index in [1.54, 1.807) is 0 Å². The number of carbonyl (C=O) groups excluding carboxylic acids is 2. The van der Waals surface area contributed by atoms with Gasteiger partial charge in [0.2, 0.25) is 11.8 Å². The molecule has 0 spiro atoms. The van der Waals surface area contributed by atoms with Crippen molar-refractivity contribution in [3.05, 3.63) is 0 Å². The van der Waals surface area contributed by atoms with Crippen LogP contribution in [0.3, 0.4) is 0 Å². The Hall–Kier alpha value is -1.28. The van der Waals surface area contributed by atoms with Crippen molar-refractivity contribution >= 4 is 29.5 Å². The van der Waals surface area contributed by atoms with E-state index >= 15 is 0 Å². The molecule has 1 saturated carbocycles. The third-order valence-electron chi connectivity index (χ3n) is 5.70. The maximum absolute atomic E-state index is 12.4. The molecule has 25 heavy (non-hydrogen) atoms. The molecule has 3 rings (SSSR count). The van der Waals surface area contributed by atoms with Crippen LogP contribution in [0.1, 0.15) is 52.4 Å². The van der Waals surface area contributed by atoms with E-state index in [0.29, 0.717) is 12.3 Å². The zero-order valence-corrected chi connectivity index (χ0v) is 15.6. The first-order chi connectivity index (χ1) is 11.7. The van der Waals surface area contributed by atoms with Gasteiger partial charge >= 0.3 is 5.97 Å². The zero-order valence-electron chi connectivity index (χ0n) is 14.7. The summed E-state index contributed by atoms with van der Waals surface area (Å²) in [4.78, 5) is 37.5. The number of carboxylic acid groups (broad SMARTS) is 1. The average Bonchev–Trinajstić information content (AvgIpc) is 2.80. The lowest BCUT2D eigenvalue weighted by molar-refractivity contribution is -0.161. The summed E-state index contributed by atoms with van der Waals surface area (Å²) in [6.45, 7) is 3.65. The summed E-state index contributed by atoms with van der Waals surface area (Å²) in [5.74, 6) is -1.06. The molecule has 0 aromatic heterocycles. The molecule has 5 atom stereocenters. The summed E-state index contributed by atoms with van der Waals surface area (Å²) in [5, 5.41) is 11.9. The number of carbonyl (C=O) groups is 3. The van der Waals surface area contributed by atoms with E-state index < -0.39 is 22.8 Å². The Morgan fingerprint density at radius 1 is 1.36 bits per heavy atom. The molecule has 0 aromatic rings. The molecule has 2 saturated heterocycles. The van der Waals surface area contributed by atoms with Crippen molar-refractivity contribution in [2.24, 2.45) is 11.7 Å². The number of rotatable bonds is 5. The van der Waals surface area contributed by atoms with E-state index in [1.807, 2.05) is 13.8 Å². The molecule has 1 aliphatic carbocycles. The number of β-lactam (4-membered cyclic amide) rings is 1. The minimum atomic E-state index is -0.996. The van der Waals surface area contributed by atoms with Gasteiger partial charge in [0.25, 0.3) is 0 Å². The molecule has 8 heteroatoms. The lowest BCUT2D eigenvalue weighted by Crippen LogP contribution is -2.70. The molecule has 3 aliphatic rings. The Kier molecular flexibility index (Phi) is 5.03. The van der Waals surface area contributed by atoms with E-state index in [4.69, 9.17) is 5.73 Å². The highest BCUT2D eigenvalue weighted by atomic mass is 32.2. The number of nitrogens with zero attached hydrogens (tertiary/aromatic N) is 1. The van der Waals surface area contributed by atoms with Gasteiger partial charge in [0.1, 0.15) is 17.5 Å². The van der Waals surface area contributed by atoms with Gasteiger partial charge in [0.05, 0.1) is 0 Å². The van der Waals surface area contributed by atoms with Crippen LogP contribution in [0.25, 0.3) is 0 Å². The van der Waals surface area contributed by atoms with Gasteiger partial charge in [-0.05, 0) is 39.0 Å². The minimum absolute atomic E-state index is 0.145. The summed E-state index contributed by atoms with van der Waals surface area (Å²) in [7, 11) is 0. The summed E-state index contributed by atoms with van der Waals surface area (Å²) in [5.41, 5.74) is 6.12. The van der Waals surface area contributed by atoms with Gasteiger partial charge in [-0.15, -0.1) is 11.8 Å². The normalized spacial score (nSPS) is 36.5. The van der Waals surface area contributed by atoms with Crippen LogP contribution in [-0.2, 0) is 14.4 Å². The van der Waals surface area contributed by atoms with Crippen LogP contribution in [0.4, 0.5) is 0 Å². The largest absolute Gasteiger partial charge is 0.480 e. The van der Waals surface area contributed by atoms with Crippen LogP contribution < -0.4 is 11.1 Å². The van der Waals surface area contributed by atoms with Crippen molar-refractivity contribution in [3.8, 4) is 0 Å². The first-order valence-electron chi connectivity index (χ1n) is 9.00. The molecule has 2 unspecified atom stereocenters. The molecule has 2 aliphatic heterocycles. The van der Waals surface area contributed by atoms with Crippen molar-refractivity contribution in [2.45, 2.75) is 80.6 Å². The maximum Gasteiger partial charge on any atom is 0.327 e. The molecule has 0 radical (unpaired) electrons. The van der Waals surface area contributed by atoms with E-state index in [2.05, 4.69) is 5.32 Å². The van der Waals surface area contributed by atoms with Crippen molar-refractivity contribution in [2.75, 3.05) is 0 Å².